The summed E-state index contributed by atoms with van der Waals surface area (Å²) in [6, 6.07) is 7.80. The molecule has 0 bridgehead atoms. The number of piperidine rings is 1. The van der Waals surface area contributed by atoms with Crippen LogP contribution in [0.4, 0.5) is 0 Å². The molecule has 0 spiro atoms. The van der Waals surface area contributed by atoms with Crippen molar-refractivity contribution in [3.05, 3.63) is 29.8 Å². The number of rotatable bonds is 5. The molecule has 2 unspecified atom stereocenters. The summed E-state index contributed by atoms with van der Waals surface area (Å²) in [6.07, 6.45) is 1.21. The maximum atomic E-state index is 12.1. The van der Waals surface area contributed by atoms with E-state index in [2.05, 4.69) is 15.5 Å². The zero-order valence-electron chi connectivity index (χ0n) is 13.2. The van der Waals surface area contributed by atoms with Gasteiger partial charge in [-0.05, 0) is 55.6 Å². The molecular weight excluding hydrogens is 278 g/mol. The lowest BCUT2D eigenvalue weighted by Crippen LogP contribution is -2.45. The molecule has 2 heterocycles. The molecule has 2 saturated heterocycles. The highest BCUT2D eigenvalue weighted by Gasteiger charge is 2.33. The van der Waals surface area contributed by atoms with Crippen LogP contribution in [0.3, 0.4) is 0 Å². The van der Waals surface area contributed by atoms with Crippen LogP contribution in [0, 0.1) is 11.8 Å². The molecule has 3 rings (SSSR count). The first-order chi connectivity index (χ1) is 10.7. The third-order valence-electron chi connectivity index (χ3n) is 4.78. The maximum Gasteiger partial charge on any atom is 0.234 e. The van der Waals surface area contributed by atoms with Crippen molar-refractivity contribution in [2.24, 2.45) is 11.8 Å². The lowest BCUT2D eigenvalue weighted by Gasteiger charge is -2.33. The number of amides is 1. The van der Waals surface area contributed by atoms with E-state index in [0.717, 1.165) is 49.3 Å². The predicted octanol–water partition coefficient (Wildman–Crippen LogP) is 0.853. The number of carbonyl (C=O) groups excluding carboxylic acids is 1. The highest BCUT2D eigenvalue weighted by atomic mass is 16.5. The van der Waals surface area contributed by atoms with Gasteiger partial charge in [-0.2, -0.15) is 0 Å². The molecule has 1 aromatic carbocycles. The van der Waals surface area contributed by atoms with Crippen LogP contribution in [0.25, 0.3) is 0 Å². The fraction of sp³-hybridized carbons (Fsp3) is 0.588. The minimum atomic E-state index is 0.104. The van der Waals surface area contributed by atoms with Crippen molar-refractivity contribution < 1.29 is 9.53 Å². The van der Waals surface area contributed by atoms with E-state index in [9.17, 15) is 4.79 Å². The number of likely N-dealkylation sites (tertiary alicyclic amines) is 1. The molecule has 1 aromatic rings. The topological polar surface area (TPSA) is 53.6 Å². The van der Waals surface area contributed by atoms with E-state index in [-0.39, 0.29) is 5.91 Å². The van der Waals surface area contributed by atoms with E-state index < -0.39 is 0 Å². The first-order valence-electron chi connectivity index (χ1n) is 8.07. The van der Waals surface area contributed by atoms with Gasteiger partial charge >= 0.3 is 0 Å². The van der Waals surface area contributed by atoms with Crippen molar-refractivity contribution in [2.75, 3.05) is 39.8 Å². The summed E-state index contributed by atoms with van der Waals surface area (Å²) < 4.78 is 5.20. The Labute approximate surface area is 132 Å². The van der Waals surface area contributed by atoms with Crippen LogP contribution < -0.4 is 15.4 Å². The third-order valence-corrected chi connectivity index (χ3v) is 4.78. The Kier molecular flexibility index (Phi) is 4.95. The second-order valence-electron chi connectivity index (χ2n) is 6.33. The molecule has 0 radical (unpaired) electrons. The van der Waals surface area contributed by atoms with Crippen molar-refractivity contribution in [1.29, 1.82) is 0 Å². The van der Waals surface area contributed by atoms with Gasteiger partial charge < -0.3 is 15.4 Å². The van der Waals surface area contributed by atoms with Crippen LogP contribution in [0.2, 0.25) is 0 Å². The first-order valence-corrected chi connectivity index (χ1v) is 8.07. The molecule has 2 aliphatic heterocycles. The number of nitrogens with one attached hydrogen (secondary N) is 2. The molecule has 22 heavy (non-hydrogen) atoms. The number of carbonyl (C=O) groups is 1. The fourth-order valence-electron chi connectivity index (χ4n) is 3.50. The first kappa shape index (κ1) is 15.3. The fourth-order valence-corrected chi connectivity index (χ4v) is 3.50. The van der Waals surface area contributed by atoms with Gasteiger partial charge in [-0.25, -0.2) is 0 Å². The van der Waals surface area contributed by atoms with Gasteiger partial charge in [0.15, 0.2) is 0 Å². The van der Waals surface area contributed by atoms with E-state index in [1.165, 1.54) is 6.42 Å². The van der Waals surface area contributed by atoms with Crippen molar-refractivity contribution in [3.63, 3.8) is 0 Å². The Hall–Kier alpha value is -1.59. The molecule has 5 heteroatoms. The number of fused-ring (bicyclic) bond motifs is 1. The summed E-state index contributed by atoms with van der Waals surface area (Å²) in [5, 5.41) is 6.46. The van der Waals surface area contributed by atoms with Crippen LogP contribution in [0.5, 0.6) is 5.75 Å². The van der Waals surface area contributed by atoms with Crippen molar-refractivity contribution in [2.45, 2.75) is 13.0 Å². The lowest BCUT2D eigenvalue weighted by atomic mass is 9.89. The minimum absolute atomic E-state index is 0.104. The van der Waals surface area contributed by atoms with E-state index in [1.807, 2.05) is 24.3 Å². The summed E-state index contributed by atoms with van der Waals surface area (Å²) in [5.41, 5.74) is 1.06. The highest BCUT2D eigenvalue weighted by molar-refractivity contribution is 5.78. The van der Waals surface area contributed by atoms with Gasteiger partial charge in [-0.15, -0.1) is 0 Å². The van der Waals surface area contributed by atoms with Gasteiger partial charge in [0.05, 0.1) is 13.7 Å². The minimum Gasteiger partial charge on any atom is -0.497 e. The molecule has 0 aliphatic carbocycles. The van der Waals surface area contributed by atoms with Gasteiger partial charge in [0, 0.05) is 13.1 Å². The number of ether oxygens (including phenoxy) is 1. The largest absolute Gasteiger partial charge is 0.497 e. The Morgan fingerprint density at radius 3 is 3.14 bits per heavy atom. The molecule has 1 amide bonds. The molecule has 2 N–H and O–H groups in total. The molecular formula is C17H25N3O2. The monoisotopic (exact) mass is 303 g/mol. The van der Waals surface area contributed by atoms with Crippen molar-refractivity contribution in [1.82, 2.24) is 15.5 Å². The van der Waals surface area contributed by atoms with Gasteiger partial charge in [0.25, 0.3) is 0 Å². The van der Waals surface area contributed by atoms with Crippen LogP contribution >= 0.6 is 0 Å². The van der Waals surface area contributed by atoms with E-state index in [1.54, 1.807) is 7.11 Å². The highest BCUT2D eigenvalue weighted by Crippen LogP contribution is 2.26. The summed E-state index contributed by atoms with van der Waals surface area (Å²) in [6.45, 7) is 5.40. The van der Waals surface area contributed by atoms with Crippen molar-refractivity contribution in [3.8, 4) is 5.75 Å². The maximum absolute atomic E-state index is 12.1. The predicted molar refractivity (Wildman–Crippen MR) is 85.7 cm³/mol. The molecule has 2 aliphatic rings. The van der Waals surface area contributed by atoms with Crippen LogP contribution in [0.1, 0.15) is 12.0 Å². The molecule has 2 fully saturated rings. The Bertz CT molecular complexity index is 520. The molecule has 120 valence electrons. The number of methoxy groups -OCH3 is 1. The van der Waals surface area contributed by atoms with Gasteiger partial charge in [0.1, 0.15) is 5.75 Å². The number of nitrogens with zero attached hydrogens (tertiary/aromatic N) is 1. The average Bonchev–Trinajstić information content (AvgIpc) is 3.01. The quantitative estimate of drug-likeness (QED) is 0.847. The second-order valence-corrected chi connectivity index (χ2v) is 6.33. The van der Waals surface area contributed by atoms with Gasteiger partial charge in [0.2, 0.25) is 5.91 Å². The number of benzene rings is 1. The Morgan fingerprint density at radius 1 is 1.41 bits per heavy atom. The average molecular weight is 303 g/mol. The zero-order chi connectivity index (χ0) is 15.4. The normalized spacial score (nSPS) is 24.8. The lowest BCUT2D eigenvalue weighted by molar-refractivity contribution is -0.122. The standard InChI is InChI=1S/C17H25N3O2/c1-22-16-4-2-3-13(7-16)8-19-17(21)12-20-6-5-14-9-18-10-15(14)11-20/h2-4,7,14-15,18H,5-6,8-12H2,1H3,(H,19,21). The third kappa shape index (κ3) is 3.78. The van der Waals surface area contributed by atoms with Gasteiger partial charge in [-0.3, -0.25) is 9.69 Å². The molecule has 0 aromatic heterocycles. The second kappa shape index (κ2) is 7.11. The number of hydrogen-bond acceptors (Lipinski definition) is 4. The summed E-state index contributed by atoms with van der Waals surface area (Å²) in [4.78, 5) is 14.4. The van der Waals surface area contributed by atoms with E-state index >= 15 is 0 Å². The SMILES string of the molecule is COc1cccc(CNC(=O)CN2CCC3CNCC3C2)c1. The van der Waals surface area contributed by atoms with Crippen molar-refractivity contribution >= 4 is 5.91 Å². The zero-order valence-corrected chi connectivity index (χ0v) is 13.2. The summed E-state index contributed by atoms with van der Waals surface area (Å²) in [5.74, 6) is 2.46. The summed E-state index contributed by atoms with van der Waals surface area (Å²) in [7, 11) is 1.65. The van der Waals surface area contributed by atoms with E-state index in [0.29, 0.717) is 13.1 Å². The van der Waals surface area contributed by atoms with Crippen LogP contribution in [0.15, 0.2) is 24.3 Å². The molecule has 2 atom stereocenters. The molecule has 0 saturated carbocycles. The smallest absolute Gasteiger partial charge is 0.234 e. The Morgan fingerprint density at radius 2 is 2.27 bits per heavy atom. The van der Waals surface area contributed by atoms with Gasteiger partial charge in [-0.1, -0.05) is 12.1 Å². The molecule has 5 nitrogen and oxygen atoms in total. The van der Waals surface area contributed by atoms with Crippen LogP contribution in [-0.4, -0.2) is 50.6 Å². The Balaban J connectivity index is 1.44. The van der Waals surface area contributed by atoms with E-state index in [4.69, 9.17) is 4.74 Å². The number of hydrogen-bond donors (Lipinski definition) is 2. The summed E-state index contributed by atoms with van der Waals surface area (Å²) >= 11 is 0. The van der Waals surface area contributed by atoms with Crippen LogP contribution in [-0.2, 0) is 11.3 Å².